The third kappa shape index (κ3) is 3.47. The van der Waals surface area contributed by atoms with Crippen molar-refractivity contribution in [3.63, 3.8) is 0 Å². The van der Waals surface area contributed by atoms with Gasteiger partial charge in [0.05, 0.1) is 22.1 Å². The molecule has 0 fully saturated rings. The monoisotopic (exact) mass is 407 g/mol. The highest BCUT2D eigenvalue weighted by atomic mass is 35.5. The zero-order valence-corrected chi connectivity index (χ0v) is 16.3. The van der Waals surface area contributed by atoms with Crippen molar-refractivity contribution >= 4 is 45.8 Å². The topological polar surface area (TPSA) is 96.2 Å². The van der Waals surface area contributed by atoms with E-state index in [2.05, 4.69) is 0 Å². The average molecular weight is 408 g/mol. The van der Waals surface area contributed by atoms with Gasteiger partial charge in [0.2, 0.25) is 0 Å². The molecule has 6 nitrogen and oxygen atoms in total. The zero-order chi connectivity index (χ0) is 20.7. The number of halogens is 1. The van der Waals surface area contributed by atoms with Gasteiger partial charge in [0.25, 0.3) is 5.69 Å². The highest BCUT2D eigenvalue weighted by Crippen LogP contribution is 2.38. The van der Waals surface area contributed by atoms with E-state index in [1.54, 1.807) is 30.3 Å². The molecular formula is C22H16ClN2O4-. The second-order valence-electron chi connectivity index (χ2n) is 7.27. The third-order valence-corrected chi connectivity index (χ3v) is 5.45. The molecule has 0 unspecified atom stereocenters. The summed E-state index contributed by atoms with van der Waals surface area (Å²) in [5, 5.41) is 23.8. The lowest BCUT2D eigenvalue weighted by atomic mass is 9.80. The van der Waals surface area contributed by atoms with Crippen LogP contribution in [0.15, 0.2) is 42.5 Å². The molecule has 2 aromatic carbocycles. The van der Waals surface area contributed by atoms with Gasteiger partial charge in [-0.15, -0.1) is 0 Å². The van der Waals surface area contributed by atoms with E-state index in [9.17, 15) is 20.0 Å². The molecule has 0 saturated carbocycles. The van der Waals surface area contributed by atoms with Gasteiger partial charge >= 0.3 is 0 Å². The van der Waals surface area contributed by atoms with E-state index >= 15 is 0 Å². The fourth-order valence-electron chi connectivity index (χ4n) is 3.93. The third-order valence-electron chi connectivity index (χ3n) is 5.13. The van der Waals surface area contributed by atoms with Crippen molar-refractivity contribution < 1.29 is 14.8 Å². The SMILES string of the molecule is C[C@@H]1C/C(=C\c2ccc(Cl)c([N+](=O)[O-])c2)c2nc3ccccc3c(C(=O)[O-])c2C1. The number of allylic oxidation sites excluding steroid dienone is 1. The molecular weight excluding hydrogens is 392 g/mol. The number of aromatic nitrogens is 1. The van der Waals surface area contributed by atoms with Crippen LogP contribution in [0, 0.1) is 16.0 Å². The molecule has 0 amide bonds. The molecule has 0 aliphatic heterocycles. The summed E-state index contributed by atoms with van der Waals surface area (Å²) in [5.74, 6) is -1.03. The Kier molecular flexibility index (Phi) is 4.80. The maximum absolute atomic E-state index is 12.0. The van der Waals surface area contributed by atoms with Gasteiger partial charge in [0.1, 0.15) is 5.02 Å². The molecule has 1 heterocycles. The Morgan fingerprint density at radius 3 is 2.72 bits per heavy atom. The normalized spacial score (nSPS) is 17.3. The quantitative estimate of drug-likeness (QED) is 0.476. The molecule has 146 valence electrons. The molecule has 1 aliphatic rings. The first-order valence-corrected chi connectivity index (χ1v) is 9.50. The number of rotatable bonds is 3. The number of carboxylic acids is 1. The van der Waals surface area contributed by atoms with Gasteiger partial charge in [-0.05, 0) is 53.7 Å². The van der Waals surface area contributed by atoms with E-state index in [1.165, 1.54) is 12.1 Å². The van der Waals surface area contributed by atoms with Crippen molar-refractivity contribution in [3.8, 4) is 0 Å². The molecule has 1 aromatic heterocycles. The van der Waals surface area contributed by atoms with Crippen molar-refractivity contribution in [2.24, 2.45) is 5.92 Å². The van der Waals surface area contributed by atoms with Crippen LogP contribution >= 0.6 is 11.6 Å². The highest BCUT2D eigenvalue weighted by molar-refractivity contribution is 6.32. The smallest absolute Gasteiger partial charge is 0.288 e. The molecule has 0 spiro atoms. The first kappa shape index (κ1) is 19.1. The highest BCUT2D eigenvalue weighted by Gasteiger charge is 2.26. The Labute approximate surface area is 171 Å². The largest absolute Gasteiger partial charge is 0.545 e. The Morgan fingerprint density at radius 1 is 1.24 bits per heavy atom. The van der Waals surface area contributed by atoms with Crippen molar-refractivity contribution in [1.82, 2.24) is 4.98 Å². The summed E-state index contributed by atoms with van der Waals surface area (Å²) < 4.78 is 0. The lowest BCUT2D eigenvalue weighted by Gasteiger charge is -2.27. The number of carbonyl (C=O) groups is 1. The van der Waals surface area contributed by atoms with Gasteiger partial charge in [0.15, 0.2) is 0 Å². The van der Waals surface area contributed by atoms with E-state index in [4.69, 9.17) is 16.6 Å². The number of pyridine rings is 1. The van der Waals surface area contributed by atoms with Gasteiger partial charge in [-0.25, -0.2) is 4.98 Å². The van der Waals surface area contributed by atoms with E-state index in [-0.39, 0.29) is 22.2 Å². The van der Waals surface area contributed by atoms with Gasteiger partial charge < -0.3 is 9.90 Å². The van der Waals surface area contributed by atoms with Crippen LogP contribution in [0.2, 0.25) is 5.02 Å². The minimum Gasteiger partial charge on any atom is -0.545 e. The second-order valence-corrected chi connectivity index (χ2v) is 7.68. The number of carbonyl (C=O) groups excluding carboxylic acids is 1. The molecule has 4 rings (SSSR count). The number of nitro benzene ring substituents is 1. The van der Waals surface area contributed by atoms with Gasteiger partial charge in [-0.3, -0.25) is 10.1 Å². The van der Waals surface area contributed by atoms with Crippen LogP contribution in [0.4, 0.5) is 5.69 Å². The summed E-state index contributed by atoms with van der Waals surface area (Å²) in [5.41, 5.74) is 3.28. The minimum absolute atomic E-state index is 0.0675. The summed E-state index contributed by atoms with van der Waals surface area (Å²) in [4.78, 5) is 27.4. The summed E-state index contributed by atoms with van der Waals surface area (Å²) in [6, 6.07) is 11.7. The summed E-state index contributed by atoms with van der Waals surface area (Å²) >= 11 is 5.91. The first-order valence-electron chi connectivity index (χ1n) is 9.13. The predicted octanol–water partition coefficient (Wildman–Crippen LogP) is 4.28. The van der Waals surface area contributed by atoms with Gasteiger partial charge in [-0.2, -0.15) is 0 Å². The maximum atomic E-state index is 12.0. The molecule has 0 bridgehead atoms. The van der Waals surface area contributed by atoms with Gasteiger partial charge in [0, 0.05) is 17.0 Å². The van der Waals surface area contributed by atoms with Crippen LogP contribution in [0.25, 0.3) is 22.6 Å². The molecule has 1 aliphatic carbocycles. The van der Waals surface area contributed by atoms with Crippen LogP contribution < -0.4 is 5.11 Å². The summed E-state index contributed by atoms with van der Waals surface area (Å²) in [7, 11) is 0. The van der Waals surface area contributed by atoms with Crippen LogP contribution in [-0.2, 0) is 6.42 Å². The maximum Gasteiger partial charge on any atom is 0.288 e. The summed E-state index contributed by atoms with van der Waals surface area (Å²) in [6.07, 6.45) is 3.08. The van der Waals surface area contributed by atoms with Crippen molar-refractivity contribution in [1.29, 1.82) is 0 Å². The average Bonchev–Trinajstić information content (AvgIpc) is 2.67. The van der Waals surface area contributed by atoms with E-state index < -0.39 is 10.9 Å². The number of aromatic carboxylic acids is 1. The molecule has 1 atom stereocenters. The van der Waals surface area contributed by atoms with E-state index in [1.807, 2.05) is 13.0 Å². The minimum atomic E-state index is -1.23. The Balaban J connectivity index is 1.95. The Hall–Kier alpha value is -3.25. The predicted molar refractivity (Wildman–Crippen MR) is 110 cm³/mol. The molecule has 29 heavy (non-hydrogen) atoms. The van der Waals surface area contributed by atoms with Crippen molar-refractivity contribution in [3.05, 3.63) is 80.0 Å². The lowest BCUT2D eigenvalue weighted by Crippen LogP contribution is -2.27. The molecule has 7 heteroatoms. The molecule has 0 N–H and O–H groups in total. The second kappa shape index (κ2) is 7.29. The fourth-order valence-corrected chi connectivity index (χ4v) is 4.12. The Bertz CT molecular complexity index is 1200. The number of fused-ring (bicyclic) bond motifs is 2. The number of nitro groups is 1. The standard InChI is InChI=1S/C22H17ClN2O4/c1-12-8-14(10-13-6-7-17(23)19(11-13)25(28)29)21-16(9-12)20(22(26)27)15-4-2-3-5-18(15)24-21/h2-7,10-12H,8-9H2,1H3,(H,26,27)/p-1/b14-10+/t12-/m1/s1. The number of hydrogen-bond donors (Lipinski definition) is 0. The fraction of sp³-hybridized carbons (Fsp3) is 0.182. The van der Waals surface area contributed by atoms with Gasteiger partial charge in [-0.1, -0.05) is 42.8 Å². The van der Waals surface area contributed by atoms with Crippen LogP contribution in [0.3, 0.4) is 0 Å². The van der Waals surface area contributed by atoms with Crippen molar-refractivity contribution in [2.75, 3.05) is 0 Å². The van der Waals surface area contributed by atoms with Crippen molar-refractivity contribution in [2.45, 2.75) is 19.8 Å². The van der Waals surface area contributed by atoms with Crippen LogP contribution in [0.1, 0.15) is 40.5 Å². The zero-order valence-electron chi connectivity index (χ0n) is 15.5. The number of carboxylic acid groups (broad SMARTS) is 1. The lowest BCUT2D eigenvalue weighted by molar-refractivity contribution is -0.384. The van der Waals surface area contributed by atoms with Crippen LogP contribution in [0.5, 0.6) is 0 Å². The number of benzene rings is 2. The number of nitrogens with zero attached hydrogens (tertiary/aromatic N) is 2. The number of para-hydroxylation sites is 1. The Morgan fingerprint density at radius 2 is 2.00 bits per heavy atom. The number of hydrogen-bond acceptors (Lipinski definition) is 5. The van der Waals surface area contributed by atoms with E-state index in [0.717, 1.165) is 5.57 Å². The van der Waals surface area contributed by atoms with Crippen LogP contribution in [-0.4, -0.2) is 15.9 Å². The first-order chi connectivity index (χ1) is 13.8. The van der Waals surface area contributed by atoms with E-state index in [0.29, 0.717) is 40.6 Å². The molecule has 0 saturated heterocycles. The molecule has 3 aromatic rings. The molecule has 0 radical (unpaired) electrons. The summed E-state index contributed by atoms with van der Waals surface area (Å²) in [6.45, 7) is 2.04.